The molecule has 0 N–H and O–H groups in total. The summed E-state index contributed by atoms with van der Waals surface area (Å²) in [7, 11) is 0. The number of hydrogen-bond donors (Lipinski definition) is 0. The predicted octanol–water partition coefficient (Wildman–Crippen LogP) is 3.06. The molecule has 2 aromatic carbocycles. The Bertz CT molecular complexity index is 700. The lowest BCUT2D eigenvalue weighted by Crippen LogP contribution is -2.46. The fourth-order valence-corrected chi connectivity index (χ4v) is 2.93. The Morgan fingerprint density at radius 1 is 1.04 bits per heavy atom. The minimum Gasteiger partial charge on any atom is -0.363 e. The van der Waals surface area contributed by atoms with Crippen molar-refractivity contribution in [2.24, 2.45) is 0 Å². The van der Waals surface area contributed by atoms with Crippen molar-refractivity contribution < 1.29 is 9.31 Å². The molecule has 1 heterocycles. The first-order valence-corrected chi connectivity index (χ1v) is 7.58. The van der Waals surface area contributed by atoms with Gasteiger partial charge in [-0.15, -0.1) is 0 Å². The highest BCUT2D eigenvalue weighted by Gasteiger charge is 2.23. The van der Waals surface area contributed by atoms with Crippen LogP contribution in [0.2, 0.25) is 0 Å². The van der Waals surface area contributed by atoms with E-state index in [4.69, 9.17) is 0 Å². The summed E-state index contributed by atoms with van der Waals surface area (Å²) in [4.78, 5) is 15.1. The van der Waals surface area contributed by atoms with Gasteiger partial charge in [-0.05, 0) is 23.8 Å². The number of nitro groups is 1. The van der Waals surface area contributed by atoms with Crippen molar-refractivity contribution in [3.63, 3.8) is 0 Å². The van der Waals surface area contributed by atoms with E-state index in [2.05, 4.69) is 4.90 Å². The van der Waals surface area contributed by atoms with Crippen LogP contribution < -0.4 is 4.90 Å². The van der Waals surface area contributed by atoms with E-state index in [0.717, 1.165) is 31.7 Å². The van der Waals surface area contributed by atoms with Gasteiger partial charge in [-0.1, -0.05) is 24.3 Å². The average Bonchev–Trinajstić information content (AvgIpc) is 2.55. The molecule has 0 spiro atoms. The lowest BCUT2D eigenvalue weighted by atomic mass is 10.1. The van der Waals surface area contributed by atoms with Gasteiger partial charge in [0.1, 0.15) is 11.5 Å². The van der Waals surface area contributed by atoms with Crippen molar-refractivity contribution in [3.05, 3.63) is 70.0 Å². The van der Waals surface area contributed by atoms with Gasteiger partial charge >= 0.3 is 0 Å². The van der Waals surface area contributed by atoms with E-state index in [1.54, 1.807) is 24.3 Å². The fraction of sp³-hybridized carbons (Fsp3) is 0.294. The maximum Gasteiger partial charge on any atom is 0.292 e. The molecule has 1 aliphatic rings. The molecule has 0 radical (unpaired) electrons. The minimum atomic E-state index is -0.339. The Kier molecular flexibility index (Phi) is 4.52. The molecule has 0 saturated carbocycles. The summed E-state index contributed by atoms with van der Waals surface area (Å²) in [6, 6.07) is 13.5. The third kappa shape index (κ3) is 3.65. The number of nitrogens with zero attached hydrogens (tertiary/aromatic N) is 3. The quantitative estimate of drug-likeness (QED) is 0.643. The molecule has 1 saturated heterocycles. The zero-order chi connectivity index (χ0) is 16.2. The minimum absolute atomic E-state index is 0.145. The van der Waals surface area contributed by atoms with Crippen LogP contribution in [0.1, 0.15) is 5.56 Å². The average molecular weight is 315 g/mol. The molecular formula is C17H18FN3O2. The second-order valence-electron chi connectivity index (χ2n) is 5.64. The number of piperazine rings is 1. The molecule has 0 amide bonds. The van der Waals surface area contributed by atoms with Gasteiger partial charge in [0.15, 0.2) is 0 Å². The summed E-state index contributed by atoms with van der Waals surface area (Å²) in [6.45, 7) is 3.73. The zero-order valence-electron chi connectivity index (χ0n) is 12.7. The molecule has 0 aliphatic carbocycles. The number of anilines is 1. The predicted molar refractivity (Wildman–Crippen MR) is 87.0 cm³/mol. The molecule has 6 heteroatoms. The van der Waals surface area contributed by atoms with Crippen LogP contribution in [0.4, 0.5) is 15.8 Å². The molecule has 0 aromatic heterocycles. The van der Waals surface area contributed by atoms with Gasteiger partial charge < -0.3 is 4.90 Å². The van der Waals surface area contributed by atoms with E-state index in [9.17, 15) is 14.5 Å². The lowest BCUT2D eigenvalue weighted by molar-refractivity contribution is -0.384. The molecule has 120 valence electrons. The molecule has 2 aromatic rings. The molecule has 0 atom stereocenters. The summed E-state index contributed by atoms with van der Waals surface area (Å²) >= 11 is 0. The van der Waals surface area contributed by atoms with E-state index in [0.29, 0.717) is 12.2 Å². The van der Waals surface area contributed by atoms with Crippen LogP contribution in [0.3, 0.4) is 0 Å². The molecule has 0 bridgehead atoms. The van der Waals surface area contributed by atoms with Crippen LogP contribution in [-0.4, -0.2) is 36.0 Å². The van der Waals surface area contributed by atoms with Crippen molar-refractivity contribution in [1.82, 2.24) is 4.90 Å². The Balaban J connectivity index is 1.64. The van der Waals surface area contributed by atoms with Gasteiger partial charge in [0.2, 0.25) is 0 Å². The Hall–Kier alpha value is -2.47. The second-order valence-corrected chi connectivity index (χ2v) is 5.64. The summed E-state index contributed by atoms with van der Waals surface area (Å²) in [5.41, 5.74) is 1.76. The maximum absolute atomic E-state index is 13.2. The molecule has 23 heavy (non-hydrogen) atoms. The lowest BCUT2D eigenvalue weighted by Gasteiger charge is -2.35. The molecule has 3 rings (SSSR count). The van der Waals surface area contributed by atoms with E-state index in [-0.39, 0.29) is 16.4 Å². The fourth-order valence-electron chi connectivity index (χ4n) is 2.93. The van der Waals surface area contributed by atoms with Gasteiger partial charge in [0, 0.05) is 38.8 Å². The number of halogens is 1. The Morgan fingerprint density at radius 3 is 2.48 bits per heavy atom. The molecule has 0 unspecified atom stereocenters. The zero-order valence-corrected chi connectivity index (χ0v) is 12.7. The highest BCUT2D eigenvalue weighted by molar-refractivity contribution is 5.63. The third-order valence-corrected chi connectivity index (χ3v) is 4.09. The van der Waals surface area contributed by atoms with Crippen LogP contribution in [0.25, 0.3) is 0 Å². The number of benzene rings is 2. The van der Waals surface area contributed by atoms with Crippen LogP contribution in [0.15, 0.2) is 48.5 Å². The largest absolute Gasteiger partial charge is 0.363 e. The molecule has 1 fully saturated rings. The van der Waals surface area contributed by atoms with Gasteiger partial charge in [-0.3, -0.25) is 15.0 Å². The van der Waals surface area contributed by atoms with Crippen LogP contribution >= 0.6 is 0 Å². The Labute approximate surface area is 134 Å². The first kappa shape index (κ1) is 15.4. The molecule has 5 nitrogen and oxygen atoms in total. The second kappa shape index (κ2) is 6.75. The summed E-state index contributed by atoms with van der Waals surface area (Å²) in [6.07, 6.45) is 0. The first-order valence-electron chi connectivity index (χ1n) is 7.58. The Morgan fingerprint density at radius 2 is 1.78 bits per heavy atom. The number of nitro benzene ring substituents is 1. The van der Waals surface area contributed by atoms with Gasteiger partial charge in [-0.2, -0.15) is 0 Å². The van der Waals surface area contributed by atoms with E-state index < -0.39 is 0 Å². The third-order valence-electron chi connectivity index (χ3n) is 4.09. The van der Waals surface area contributed by atoms with Gasteiger partial charge in [0.25, 0.3) is 5.69 Å². The SMILES string of the molecule is O=[N+]([O-])c1ccccc1N1CCN(Cc2cccc(F)c2)CC1. The normalized spacial score (nSPS) is 15.6. The summed E-state index contributed by atoms with van der Waals surface area (Å²) in [5, 5.41) is 11.1. The van der Waals surface area contributed by atoms with Crippen molar-refractivity contribution in [2.45, 2.75) is 6.54 Å². The monoisotopic (exact) mass is 315 g/mol. The van der Waals surface area contributed by atoms with Crippen molar-refractivity contribution >= 4 is 11.4 Å². The number of rotatable bonds is 4. The van der Waals surface area contributed by atoms with Crippen molar-refractivity contribution in [1.29, 1.82) is 0 Å². The van der Waals surface area contributed by atoms with E-state index >= 15 is 0 Å². The first-order chi connectivity index (χ1) is 11.1. The van der Waals surface area contributed by atoms with Gasteiger partial charge in [-0.25, -0.2) is 4.39 Å². The highest BCUT2D eigenvalue weighted by Crippen LogP contribution is 2.28. The van der Waals surface area contributed by atoms with Crippen molar-refractivity contribution in [2.75, 3.05) is 31.1 Å². The van der Waals surface area contributed by atoms with E-state index in [1.165, 1.54) is 12.1 Å². The topological polar surface area (TPSA) is 49.6 Å². The molecule has 1 aliphatic heterocycles. The highest BCUT2D eigenvalue weighted by atomic mass is 19.1. The molecular weight excluding hydrogens is 297 g/mol. The smallest absolute Gasteiger partial charge is 0.292 e. The van der Waals surface area contributed by atoms with E-state index in [1.807, 2.05) is 17.0 Å². The summed E-state index contributed by atoms with van der Waals surface area (Å²) in [5.74, 6) is -0.221. The van der Waals surface area contributed by atoms with Crippen LogP contribution in [-0.2, 0) is 6.54 Å². The standard InChI is InChI=1S/C17H18FN3O2/c18-15-5-3-4-14(12-15)13-19-8-10-20(11-9-19)16-6-1-2-7-17(16)21(22)23/h1-7,12H,8-11,13H2. The summed E-state index contributed by atoms with van der Waals surface area (Å²) < 4.78 is 13.2. The number of hydrogen-bond acceptors (Lipinski definition) is 4. The van der Waals surface area contributed by atoms with Gasteiger partial charge in [0.05, 0.1) is 4.92 Å². The maximum atomic E-state index is 13.2. The van der Waals surface area contributed by atoms with Crippen LogP contribution in [0.5, 0.6) is 0 Å². The van der Waals surface area contributed by atoms with Crippen LogP contribution in [0, 0.1) is 15.9 Å². The number of para-hydroxylation sites is 2. The van der Waals surface area contributed by atoms with Crippen molar-refractivity contribution in [3.8, 4) is 0 Å².